The molecule has 0 fully saturated rings. The van der Waals surface area contributed by atoms with Gasteiger partial charge in [-0.15, -0.1) is 0 Å². The van der Waals surface area contributed by atoms with Crippen molar-refractivity contribution in [1.29, 1.82) is 0 Å². The summed E-state index contributed by atoms with van der Waals surface area (Å²) < 4.78 is 1.88. The number of nitrogens with zero attached hydrogens (tertiary/aromatic N) is 2. The Kier molecular flexibility index (Phi) is 4.61. The molecule has 1 N–H and O–H groups in total. The van der Waals surface area contributed by atoms with Crippen molar-refractivity contribution in [2.75, 3.05) is 0 Å². The highest BCUT2D eigenvalue weighted by Crippen LogP contribution is 2.17. The molecule has 0 amide bonds. The van der Waals surface area contributed by atoms with Crippen molar-refractivity contribution in [3.63, 3.8) is 0 Å². The van der Waals surface area contributed by atoms with E-state index in [0.29, 0.717) is 5.92 Å². The topological polar surface area (TPSA) is 29.9 Å². The van der Waals surface area contributed by atoms with Gasteiger partial charge in [-0.2, -0.15) is 5.10 Å². The lowest BCUT2D eigenvalue weighted by Gasteiger charge is -2.07. The molecule has 1 aromatic carbocycles. The number of hydrogen-bond donors (Lipinski definition) is 1. The SMILES string of the molecule is CC(C)c1nn(C)cc1CNCc1cccc(Cl)c1. The Hall–Kier alpha value is -1.32. The average molecular weight is 278 g/mol. The van der Waals surface area contributed by atoms with Crippen molar-refractivity contribution < 1.29 is 0 Å². The minimum atomic E-state index is 0.448. The fraction of sp³-hybridized carbons (Fsp3) is 0.400. The van der Waals surface area contributed by atoms with E-state index in [4.69, 9.17) is 11.6 Å². The fourth-order valence-electron chi connectivity index (χ4n) is 2.17. The summed E-state index contributed by atoms with van der Waals surface area (Å²) in [7, 11) is 1.96. The van der Waals surface area contributed by atoms with Crippen LogP contribution in [0, 0.1) is 0 Å². The monoisotopic (exact) mass is 277 g/mol. The van der Waals surface area contributed by atoms with Gasteiger partial charge in [-0.05, 0) is 23.6 Å². The van der Waals surface area contributed by atoms with E-state index in [1.807, 2.05) is 29.9 Å². The molecular formula is C15H20ClN3. The van der Waals surface area contributed by atoms with E-state index in [1.54, 1.807) is 0 Å². The third-order valence-corrected chi connectivity index (χ3v) is 3.25. The van der Waals surface area contributed by atoms with Crippen molar-refractivity contribution in [2.24, 2.45) is 7.05 Å². The van der Waals surface area contributed by atoms with Crippen LogP contribution in [0.2, 0.25) is 5.02 Å². The third-order valence-electron chi connectivity index (χ3n) is 3.02. The summed E-state index contributed by atoms with van der Waals surface area (Å²) in [6, 6.07) is 7.93. The van der Waals surface area contributed by atoms with Gasteiger partial charge >= 0.3 is 0 Å². The van der Waals surface area contributed by atoms with Gasteiger partial charge in [-0.1, -0.05) is 37.6 Å². The molecule has 0 aliphatic rings. The summed E-state index contributed by atoms with van der Waals surface area (Å²) in [6.45, 7) is 5.98. The molecule has 0 saturated carbocycles. The lowest BCUT2D eigenvalue weighted by molar-refractivity contribution is 0.678. The Morgan fingerprint density at radius 2 is 2.11 bits per heavy atom. The van der Waals surface area contributed by atoms with Crippen molar-refractivity contribution in [2.45, 2.75) is 32.9 Å². The first-order valence-electron chi connectivity index (χ1n) is 6.54. The summed E-state index contributed by atoms with van der Waals surface area (Å²) >= 11 is 5.97. The van der Waals surface area contributed by atoms with E-state index in [2.05, 4.69) is 36.5 Å². The van der Waals surface area contributed by atoms with Gasteiger partial charge in [0.1, 0.15) is 0 Å². The Bertz CT molecular complexity index is 546. The molecule has 102 valence electrons. The lowest BCUT2D eigenvalue weighted by Crippen LogP contribution is -2.13. The molecule has 0 aliphatic heterocycles. The molecular weight excluding hydrogens is 258 g/mol. The predicted molar refractivity (Wildman–Crippen MR) is 79.3 cm³/mol. The molecule has 0 bridgehead atoms. The van der Waals surface area contributed by atoms with Gasteiger partial charge < -0.3 is 5.32 Å². The van der Waals surface area contributed by atoms with Crippen molar-refractivity contribution in [1.82, 2.24) is 15.1 Å². The molecule has 2 rings (SSSR count). The van der Waals surface area contributed by atoms with E-state index in [0.717, 1.165) is 18.1 Å². The van der Waals surface area contributed by atoms with Crippen LogP contribution >= 0.6 is 11.6 Å². The third kappa shape index (κ3) is 3.82. The summed E-state index contributed by atoms with van der Waals surface area (Å²) in [4.78, 5) is 0. The van der Waals surface area contributed by atoms with Crippen LogP contribution in [0.5, 0.6) is 0 Å². The van der Waals surface area contributed by atoms with Crippen LogP contribution in [-0.2, 0) is 20.1 Å². The van der Waals surface area contributed by atoms with Gasteiger partial charge in [-0.3, -0.25) is 4.68 Å². The van der Waals surface area contributed by atoms with E-state index in [-0.39, 0.29) is 0 Å². The normalized spacial score (nSPS) is 11.2. The quantitative estimate of drug-likeness (QED) is 0.907. The second-order valence-corrected chi connectivity index (χ2v) is 5.54. The first-order chi connectivity index (χ1) is 9.06. The van der Waals surface area contributed by atoms with Gasteiger partial charge in [0.15, 0.2) is 0 Å². The van der Waals surface area contributed by atoms with Crippen molar-refractivity contribution in [3.05, 3.63) is 52.3 Å². The molecule has 0 radical (unpaired) electrons. The maximum Gasteiger partial charge on any atom is 0.0694 e. The zero-order valence-electron chi connectivity index (χ0n) is 11.7. The minimum Gasteiger partial charge on any atom is -0.308 e. The molecule has 0 spiro atoms. The van der Waals surface area contributed by atoms with E-state index in [1.165, 1.54) is 16.8 Å². The van der Waals surface area contributed by atoms with Crippen LogP contribution in [0.25, 0.3) is 0 Å². The maximum atomic E-state index is 5.97. The molecule has 0 atom stereocenters. The molecule has 0 unspecified atom stereocenters. The molecule has 0 saturated heterocycles. The van der Waals surface area contributed by atoms with Gasteiger partial charge in [0, 0.05) is 36.9 Å². The summed E-state index contributed by atoms with van der Waals surface area (Å²) in [5.74, 6) is 0.448. The molecule has 3 nitrogen and oxygen atoms in total. The fourth-order valence-corrected chi connectivity index (χ4v) is 2.38. The number of halogens is 1. The highest BCUT2D eigenvalue weighted by molar-refractivity contribution is 6.30. The smallest absolute Gasteiger partial charge is 0.0694 e. The molecule has 4 heteroatoms. The van der Waals surface area contributed by atoms with Crippen LogP contribution in [0.1, 0.15) is 36.6 Å². The second kappa shape index (κ2) is 6.22. The van der Waals surface area contributed by atoms with E-state index in [9.17, 15) is 0 Å². The predicted octanol–water partition coefficient (Wildman–Crippen LogP) is 3.49. The van der Waals surface area contributed by atoms with Gasteiger partial charge in [0.25, 0.3) is 0 Å². The molecule has 1 heterocycles. The van der Waals surface area contributed by atoms with Crippen LogP contribution < -0.4 is 5.32 Å². The van der Waals surface area contributed by atoms with Crippen LogP contribution in [0.4, 0.5) is 0 Å². The van der Waals surface area contributed by atoms with E-state index < -0.39 is 0 Å². The summed E-state index contributed by atoms with van der Waals surface area (Å²) in [5, 5.41) is 8.73. The lowest BCUT2D eigenvalue weighted by atomic mass is 10.1. The molecule has 0 aliphatic carbocycles. The van der Waals surface area contributed by atoms with Gasteiger partial charge in [0.2, 0.25) is 0 Å². The standard InChI is InChI=1S/C15H20ClN3/c1-11(2)15-13(10-19(3)18-15)9-17-8-12-5-4-6-14(16)7-12/h4-7,10-11,17H,8-9H2,1-3H3. The van der Waals surface area contributed by atoms with Crippen LogP contribution in [0.15, 0.2) is 30.5 Å². The van der Waals surface area contributed by atoms with Crippen molar-refractivity contribution >= 4 is 11.6 Å². The molecule has 19 heavy (non-hydrogen) atoms. The summed E-state index contributed by atoms with van der Waals surface area (Å²) in [6.07, 6.45) is 2.08. The number of hydrogen-bond acceptors (Lipinski definition) is 2. The minimum absolute atomic E-state index is 0.448. The number of aromatic nitrogens is 2. The van der Waals surface area contributed by atoms with Gasteiger partial charge in [-0.25, -0.2) is 0 Å². The summed E-state index contributed by atoms with van der Waals surface area (Å²) in [5.41, 5.74) is 3.63. The first kappa shape index (κ1) is 14.1. The highest BCUT2D eigenvalue weighted by atomic mass is 35.5. The zero-order valence-corrected chi connectivity index (χ0v) is 12.4. The maximum absolute atomic E-state index is 5.97. The molecule has 2 aromatic rings. The van der Waals surface area contributed by atoms with E-state index >= 15 is 0 Å². The Labute approximate surface area is 119 Å². The van der Waals surface area contributed by atoms with Gasteiger partial charge in [0.05, 0.1) is 5.69 Å². The Morgan fingerprint density at radius 1 is 1.32 bits per heavy atom. The van der Waals surface area contributed by atoms with Crippen molar-refractivity contribution in [3.8, 4) is 0 Å². The first-order valence-corrected chi connectivity index (χ1v) is 6.91. The molecule has 1 aromatic heterocycles. The Morgan fingerprint density at radius 3 is 2.79 bits per heavy atom. The average Bonchev–Trinajstić information content (AvgIpc) is 2.71. The zero-order chi connectivity index (χ0) is 13.8. The Balaban J connectivity index is 1.96. The van der Waals surface area contributed by atoms with Crippen LogP contribution in [0.3, 0.4) is 0 Å². The number of rotatable bonds is 5. The largest absolute Gasteiger partial charge is 0.308 e. The second-order valence-electron chi connectivity index (χ2n) is 5.10. The van der Waals surface area contributed by atoms with Crippen LogP contribution in [-0.4, -0.2) is 9.78 Å². The number of aryl methyl sites for hydroxylation is 1. The number of benzene rings is 1. The number of nitrogens with one attached hydrogen (secondary N) is 1. The highest BCUT2D eigenvalue weighted by Gasteiger charge is 2.10.